The number of alkyl halides is 3. The third-order valence-corrected chi connectivity index (χ3v) is 4.64. The molecule has 3 amide bonds. The van der Waals surface area contributed by atoms with Crippen LogP contribution in [-0.2, 0) is 24.5 Å². The smallest absolute Gasteiger partial charge is 0.359 e. The maximum atomic E-state index is 12.4. The number of benzene rings is 1. The quantitative estimate of drug-likeness (QED) is 0.737. The number of carbonyl (C=O) groups excluding carboxylic acids is 3. The molecule has 1 aromatic rings. The Morgan fingerprint density at radius 2 is 1.93 bits per heavy atom. The molecular formula is C18H21F3N2O4. The number of nitrogens with one attached hydrogen (secondary N) is 2. The van der Waals surface area contributed by atoms with Gasteiger partial charge >= 0.3 is 6.18 Å². The monoisotopic (exact) mass is 386 g/mol. The van der Waals surface area contributed by atoms with Crippen LogP contribution in [0.25, 0.3) is 0 Å². The fourth-order valence-electron chi connectivity index (χ4n) is 2.98. The van der Waals surface area contributed by atoms with Gasteiger partial charge < -0.3 is 10.1 Å². The van der Waals surface area contributed by atoms with Crippen LogP contribution in [0.3, 0.4) is 0 Å². The number of hydrogen-bond donors (Lipinski definition) is 2. The van der Waals surface area contributed by atoms with E-state index >= 15 is 0 Å². The first-order valence-electron chi connectivity index (χ1n) is 8.51. The predicted octanol–water partition coefficient (Wildman–Crippen LogP) is 2.68. The number of imide groups is 1. The summed E-state index contributed by atoms with van der Waals surface area (Å²) in [6.45, 7) is 1.57. The van der Waals surface area contributed by atoms with Gasteiger partial charge in [0.1, 0.15) is 12.7 Å². The van der Waals surface area contributed by atoms with Gasteiger partial charge in [-0.3, -0.25) is 19.7 Å². The molecule has 2 unspecified atom stereocenters. The van der Waals surface area contributed by atoms with Crippen molar-refractivity contribution in [3.8, 4) is 0 Å². The van der Waals surface area contributed by atoms with E-state index in [0.717, 1.165) is 0 Å². The van der Waals surface area contributed by atoms with E-state index in [0.29, 0.717) is 24.1 Å². The predicted molar refractivity (Wildman–Crippen MR) is 90.9 cm³/mol. The molecule has 0 saturated carbocycles. The molecule has 0 radical (unpaired) electrons. The van der Waals surface area contributed by atoms with Gasteiger partial charge in [-0.1, -0.05) is 19.1 Å². The number of anilines is 1. The average molecular weight is 386 g/mol. The molecule has 9 heteroatoms. The maximum absolute atomic E-state index is 12.4. The molecule has 1 fully saturated rings. The first-order chi connectivity index (χ1) is 12.6. The van der Waals surface area contributed by atoms with Gasteiger partial charge in [0, 0.05) is 12.1 Å². The second-order valence-corrected chi connectivity index (χ2v) is 6.45. The highest BCUT2D eigenvalue weighted by molar-refractivity contribution is 6.03. The molecule has 0 bridgehead atoms. The van der Waals surface area contributed by atoms with E-state index in [-0.39, 0.29) is 18.2 Å². The number of carbonyl (C=O) groups is 3. The van der Waals surface area contributed by atoms with E-state index in [1.807, 2.05) is 6.92 Å². The van der Waals surface area contributed by atoms with Crippen LogP contribution < -0.4 is 10.6 Å². The minimum Gasteiger partial charge on any atom is -0.359 e. The summed E-state index contributed by atoms with van der Waals surface area (Å²) in [6.07, 6.45) is -4.65. The van der Waals surface area contributed by atoms with E-state index in [1.54, 1.807) is 24.3 Å². The molecule has 1 saturated heterocycles. The van der Waals surface area contributed by atoms with Gasteiger partial charge in [-0.2, -0.15) is 13.2 Å². The molecule has 1 aliphatic heterocycles. The van der Waals surface area contributed by atoms with Crippen molar-refractivity contribution in [2.24, 2.45) is 0 Å². The lowest BCUT2D eigenvalue weighted by molar-refractivity contribution is -0.184. The van der Waals surface area contributed by atoms with E-state index in [2.05, 4.69) is 15.4 Å². The van der Waals surface area contributed by atoms with Crippen molar-refractivity contribution in [3.05, 3.63) is 29.8 Å². The molecule has 27 heavy (non-hydrogen) atoms. The van der Waals surface area contributed by atoms with Gasteiger partial charge in [0.15, 0.2) is 0 Å². The molecule has 148 valence electrons. The number of halogens is 3. The first kappa shape index (κ1) is 20.9. The number of ether oxygens (including phenoxy) is 1. The Labute approximate surface area is 154 Å². The van der Waals surface area contributed by atoms with Crippen molar-refractivity contribution in [2.75, 3.05) is 11.9 Å². The number of rotatable bonds is 6. The van der Waals surface area contributed by atoms with Crippen LogP contribution in [0.4, 0.5) is 18.9 Å². The fraction of sp³-hybridized carbons (Fsp3) is 0.500. The lowest BCUT2D eigenvalue weighted by atomic mass is 9.72. The molecule has 0 aromatic heterocycles. The zero-order chi connectivity index (χ0) is 20.2. The summed E-state index contributed by atoms with van der Waals surface area (Å²) in [5.41, 5.74) is 0.249. The molecule has 2 atom stereocenters. The Morgan fingerprint density at radius 3 is 2.44 bits per heavy atom. The Balaban J connectivity index is 2.05. The van der Waals surface area contributed by atoms with Gasteiger partial charge in [-0.05, 0) is 37.5 Å². The van der Waals surface area contributed by atoms with Crippen molar-refractivity contribution < 1.29 is 32.3 Å². The summed E-state index contributed by atoms with van der Waals surface area (Å²) in [4.78, 5) is 35.7. The van der Waals surface area contributed by atoms with Gasteiger partial charge in [0.25, 0.3) is 5.91 Å². The van der Waals surface area contributed by atoms with Crippen molar-refractivity contribution in [1.29, 1.82) is 0 Å². The lowest BCUT2D eigenvalue weighted by Crippen LogP contribution is -2.51. The third-order valence-electron chi connectivity index (χ3n) is 4.64. The topological polar surface area (TPSA) is 84.5 Å². The van der Waals surface area contributed by atoms with Gasteiger partial charge in [-0.25, -0.2) is 0 Å². The first-order valence-corrected chi connectivity index (χ1v) is 8.51. The van der Waals surface area contributed by atoms with Crippen LogP contribution >= 0.6 is 0 Å². The average Bonchev–Trinajstić information content (AvgIpc) is 2.60. The van der Waals surface area contributed by atoms with Crippen molar-refractivity contribution >= 4 is 23.4 Å². The molecular weight excluding hydrogens is 365 g/mol. The second kappa shape index (κ2) is 8.08. The van der Waals surface area contributed by atoms with Crippen LogP contribution in [0.1, 0.15) is 38.7 Å². The zero-order valence-corrected chi connectivity index (χ0v) is 15.0. The Bertz CT molecular complexity index is 718. The summed E-state index contributed by atoms with van der Waals surface area (Å²) < 4.78 is 40.9. The highest BCUT2D eigenvalue weighted by Crippen LogP contribution is 2.36. The summed E-state index contributed by atoms with van der Waals surface area (Å²) in [5.74, 6) is -1.37. The molecule has 1 aliphatic rings. The van der Waals surface area contributed by atoms with Crippen LogP contribution in [0.2, 0.25) is 0 Å². The summed E-state index contributed by atoms with van der Waals surface area (Å²) in [7, 11) is 0. The highest BCUT2D eigenvalue weighted by Gasteiger charge is 2.42. The molecule has 2 rings (SSSR count). The standard InChI is InChI=1S/C18H21F3N2O4/c1-3-17(9-8-14(24)23-16(17)26)12-4-6-13(7-5-12)22-15(25)11(2)27-10-18(19,20)21/h4-7,11H,3,8-10H2,1-2H3,(H,22,25)(H,23,24,26). The Kier molecular flexibility index (Phi) is 6.25. The number of piperidine rings is 1. The molecule has 0 aliphatic carbocycles. The summed E-state index contributed by atoms with van der Waals surface area (Å²) in [6, 6.07) is 6.45. The van der Waals surface area contributed by atoms with E-state index in [9.17, 15) is 27.6 Å². The molecule has 1 heterocycles. The SMILES string of the molecule is CCC1(c2ccc(NC(=O)C(C)OCC(F)(F)F)cc2)CCC(=O)NC1=O. The summed E-state index contributed by atoms with van der Waals surface area (Å²) >= 11 is 0. The Morgan fingerprint density at radius 1 is 1.30 bits per heavy atom. The molecule has 6 nitrogen and oxygen atoms in total. The largest absolute Gasteiger partial charge is 0.411 e. The molecule has 1 aromatic carbocycles. The normalized spacial score (nSPS) is 21.5. The maximum Gasteiger partial charge on any atom is 0.411 e. The number of amides is 3. The number of hydrogen-bond acceptors (Lipinski definition) is 4. The minimum absolute atomic E-state index is 0.242. The lowest BCUT2D eigenvalue weighted by Gasteiger charge is -2.35. The third kappa shape index (κ3) is 5.06. The zero-order valence-electron chi connectivity index (χ0n) is 15.0. The fourth-order valence-corrected chi connectivity index (χ4v) is 2.98. The highest BCUT2D eigenvalue weighted by atomic mass is 19.4. The van der Waals surface area contributed by atoms with Gasteiger partial charge in [0.2, 0.25) is 11.8 Å². The molecule has 0 spiro atoms. The Hall–Kier alpha value is -2.42. The van der Waals surface area contributed by atoms with Crippen LogP contribution in [0.5, 0.6) is 0 Å². The van der Waals surface area contributed by atoms with Crippen LogP contribution in [-0.4, -0.2) is 36.6 Å². The van der Waals surface area contributed by atoms with Gasteiger partial charge in [-0.15, -0.1) is 0 Å². The van der Waals surface area contributed by atoms with Crippen LogP contribution in [0, 0.1) is 0 Å². The van der Waals surface area contributed by atoms with Crippen molar-refractivity contribution in [1.82, 2.24) is 5.32 Å². The van der Waals surface area contributed by atoms with E-state index in [4.69, 9.17) is 0 Å². The van der Waals surface area contributed by atoms with E-state index < -0.39 is 30.2 Å². The van der Waals surface area contributed by atoms with Crippen molar-refractivity contribution in [2.45, 2.75) is 50.8 Å². The van der Waals surface area contributed by atoms with Crippen LogP contribution in [0.15, 0.2) is 24.3 Å². The van der Waals surface area contributed by atoms with Gasteiger partial charge in [0.05, 0.1) is 5.41 Å². The summed E-state index contributed by atoms with van der Waals surface area (Å²) in [5, 5.41) is 4.82. The van der Waals surface area contributed by atoms with E-state index in [1.165, 1.54) is 6.92 Å². The minimum atomic E-state index is -4.51. The molecule has 2 N–H and O–H groups in total. The van der Waals surface area contributed by atoms with Crippen molar-refractivity contribution in [3.63, 3.8) is 0 Å². The second-order valence-electron chi connectivity index (χ2n) is 6.45.